The van der Waals surface area contributed by atoms with Crippen LogP contribution in [0.3, 0.4) is 0 Å². The van der Waals surface area contributed by atoms with Gasteiger partial charge in [0.15, 0.2) is 0 Å². The van der Waals surface area contributed by atoms with Crippen LogP contribution in [0.25, 0.3) is 11.1 Å². The van der Waals surface area contributed by atoms with Crippen LogP contribution in [0.1, 0.15) is 11.1 Å². The van der Waals surface area contributed by atoms with Crippen LogP contribution in [-0.2, 0) is 13.0 Å². The maximum Gasteiger partial charge on any atom is 0.0659 e. The number of benzene rings is 2. The molecule has 21 heavy (non-hydrogen) atoms. The Morgan fingerprint density at radius 3 is 2.33 bits per heavy atom. The van der Waals surface area contributed by atoms with Gasteiger partial charge in [0, 0.05) is 11.8 Å². The van der Waals surface area contributed by atoms with Crippen molar-refractivity contribution in [1.29, 1.82) is 0 Å². The van der Waals surface area contributed by atoms with Crippen molar-refractivity contribution in [2.24, 2.45) is 5.73 Å². The molecule has 2 N–H and O–H groups in total. The van der Waals surface area contributed by atoms with Crippen LogP contribution in [0.15, 0.2) is 67.0 Å². The summed E-state index contributed by atoms with van der Waals surface area (Å²) in [5.41, 5.74) is 10.4. The van der Waals surface area contributed by atoms with E-state index in [1.54, 1.807) is 0 Å². The third-order valence-corrected chi connectivity index (χ3v) is 3.54. The minimum atomic E-state index is 0.689. The number of rotatable bonds is 5. The van der Waals surface area contributed by atoms with Crippen LogP contribution in [0, 0.1) is 0 Å². The molecule has 0 radical (unpaired) electrons. The fraction of sp³-hybridized carbons (Fsp3) is 0.167. The van der Waals surface area contributed by atoms with Gasteiger partial charge < -0.3 is 5.73 Å². The average molecular weight is 277 g/mol. The molecule has 0 saturated carbocycles. The molecule has 0 aliphatic heterocycles. The van der Waals surface area contributed by atoms with Crippen molar-refractivity contribution in [2.45, 2.75) is 13.0 Å². The first kappa shape index (κ1) is 13.6. The molecule has 1 heterocycles. The summed E-state index contributed by atoms with van der Waals surface area (Å²) in [6.45, 7) is 1.49. The van der Waals surface area contributed by atoms with Crippen molar-refractivity contribution in [3.05, 3.63) is 78.1 Å². The van der Waals surface area contributed by atoms with Gasteiger partial charge in [-0.25, -0.2) is 0 Å². The van der Waals surface area contributed by atoms with Crippen molar-refractivity contribution in [1.82, 2.24) is 9.78 Å². The van der Waals surface area contributed by atoms with Gasteiger partial charge in [-0.1, -0.05) is 54.6 Å². The molecule has 3 rings (SSSR count). The molecule has 0 saturated heterocycles. The van der Waals surface area contributed by atoms with Crippen LogP contribution >= 0.6 is 0 Å². The van der Waals surface area contributed by atoms with Crippen LogP contribution in [-0.4, -0.2) is 16.3 Å². The van der Waals surface area contributed by atoms with Gasteiger partial charge in [-0.2, -0.15) is 5.10 Å². The highest BCUT2D eigenvalue weighted by Crippen LogP contribution is 2.19. The third kappa shape index (κ3) is 3.38. The fourth-order valence-corrected chi connectivity index (χ4v) is 2.40. The second-order valence-electron chi connectivity index (χ2n) is 5.15. The van der Waals surface area contributed by atoms with E-state index in [0.717, 1.165) is 18.5 Å². The van der Waals surface area contributed by atoms with E-state index in [9.17, 15) is 0 Å². The summed E-state index contributed by atoms with van der Waals surface area (Å²) in [5, 5.41) is 4.44. The summed E-state index contributed by atoms with van der Waals surface area (Å²) in [6.07, 6.45) is 4.93. The van der Waals surface area contributed by atoms with Gasteiger partial charge in [0.2, 0.25) is 0 Å². The van der Waals surface area contributed by atoms with Crippen LogP contribution < -0.4 is 5.73 Å². The van der Waals surface area contributed by atoms with Gasteiger partial charge in [0.25, 0.3) is 0 Å². The lowest BCUT2D eigenvalue weighted by atomic mass is 10.1. The topological polar surface area (TPSA) is 43.8 Å². The summed E-state index contributed by atoms with van der Waals surface area (Å²) < 4.78 is 1.97. The molecule has 0 amide bonds. The molecule has 106 valence electrons. The Bertz CT molecular complexity index is 684. The molecule has 3 heteroatoms. The maximum absolute atomic E-state index is 5.57. The van der Waals surface area contributed by atoms with Gasteiger partial charge in [-0.05, 0) is 29.7 Å². The fourth-order valence-electron chi connectivity index (χ4n) is 2.40. The van der Waals surface area contributed by atoms with Gasteiger partial charge in [0.05, 0.1) is 12.7 Å². The first-order chi connectivity index (χ1) is 10.3. The van der Waals surface area contributed by atoms with Crippen molar-refractivity contribution in [2.75, 3.05) is 6.54 Å². The van der Waals surface area contributed by atoms with Gasteiger partial charge in [-0.3, -0.25) is 4.68 Å². The van der Waals surface area contributed by atoms with Gasteiger partial charge in [-0.15, -0.1) is 0 Å². The molecule has 0 aliphatic carbocycles. The zero-order valence-electron chi connectivity index (χ0n) is 11.9. The molecule has 2 aromatic carbocycles. The Morgan fingerprint density at radius 1 is 0.857 bits per heavy atom. The van der Waals surface area contributed by atoms with Crippen LogP contribution in [0.4, 0.5) is 0 Å². The van der Waals surface area contributed by atoms with E-state index in [-0.39, 0.29) is 0 Å². The Balaban J connectivity index is 1.75. The molecule has 0 atom stereocenters. The predicted molar refractivity (Wildman–Crippen MR) is 86.0 cm³/mol. The summed E-state index contributed by atoms with van der Waals surface area (Å²) in [7, 11) is 0. The molecular weight excluding hydrogens is 258 g/mol. The number of hydrogen-bond donors (Lipinski definition) is 1. The van der Waals surface area contributed by atoms with Crippen molar-refractivity contribution < 1.29 is 0 Å². The molecule has 3 nitrogen and oxygen atoms in total. The highest BCUT2D eigenvalue weighted by atomic mass is 15.3. The lowest BCUT2D eigenvalue weighted by molar-refractivity contribution is 0.687. The summed E-state index contributed by atoms with van der Waals surface area (Å²) in [4.78, 5) is 0. The van der Waals surface area contributed by atoms with E-state index >= 15 is 0 Å². The van der Waals surface area contributed by atoms with Crippen LogP contribution in [0.2, 0.25) is 0 Å². The Labute approximate surface area is 125 Å². The number of hydrogen-bond acceptors (Lipinski definition) is 2. The second-order valence-corrected chi connectivity index (χ2v) is 5.15. The normalized spacial score (nSPS) is 10.7. The van der Waals surface area contributed by atoms with E-state index < -0.39 is 0 Å². The van der Waals surface area contributed by atoms with Crippen molar-refractivity contribution >= 4 is 0 Å². The molecule has 1 aromatic heterocycles. The van der Waals surface area contributed by atoms with Crippen molar-refractivity contribution in [3.63, 3.8) is 0 Å². The number of nitrogens with two attached hydrogens (primary N) is 1. The minimum absolute atomic E-state index is 0.689. The summed E-state index contributed by atoms with van der Waals surface area (Å²) >= 11 is 0. The first-order valence-electron chi connectivity index (χ1n) is 7.21. The quantitative estimate of drug-likeness (QED) is 0.778. The zero-order chi connectivity index (χ0) is 14.5. The predicted octanol–water partition coefficient (Wildman–Crippen LogP) is 3.10. The molecule has 0 aliphatic rings. The van der Waals surface area contributed by atoms with Gasteiger partial charge >= 0.3 is 0 Å². The molecule has 3 aromatic rings. The smallest absolute Gasteiger partial charge is 0.0659 e. The van der Waals surface area contributed by atoms with Gasteiger partial charge in [0.1, 0.15) is 0 Å². The summed E-state index contributed by atoms with van der Waals surface area (Å²) in [6, 6.07) is 18.9. The lowest BCUT2D eigenvalue weighted by Gasteiger charge is -2.02. The third-order valence-electron chi connectivity index (χ3n) is 3.54. The monoisotopic (exact) mass is 277 g/mol. The molecule has 0 unspecified atom stereocenters. The van der Waals surface area contributed by atoms with E-state index in [0.29, 0.717) is 6.54 Å². The largest absolute Gasteiger partial charge is 0.330 e. The molecule has 0 spiro atoms. The van der Waals surface area contributed by atoms with E-state index in [4.69, 9.17) is 5.73 Å². The maximum atomic E-state index is 5.57. The lowest BCUT2D eigenvalue weighted by Crippen LogP contribution is -2.02. The zero-order valence-corrected chi connectivity index (χ0v) is 11.9. The SMILES string of the molecule is NCCc1ccc(-c2cnn(Cc3ccccc3)c2)cc1. The highest BCUT2D eigenvalue weighted by molar-refractivity contribution is 5.61. The molecular formula is C18H19N3. The second kappa shape index (κ2) is 6.37. The molecule has 0 fully saturated rings. The number of aromatic nitrogens is 2. The van der Waals surface area contributed by atoms with E-state index in [2.05, 4.69) is 59.8 Å². The molecule has 0 bridgehead atoms. The first-order valence-corrected chi connectivity index (χ1v) is 7.21. The van der Waals surface area contributed by atoms with Crippen LogP contribution in [0.5, 0.6) is 0 Å². The Morgan fingerprint density at radius 2 is 1.62 bits per heavy atom. The van der Waals surface area contributed by atoms with E-state index in [1.807, 2.05) is 16.9 Å². The minimum Gasteiger partial charge on any atom is -0.330 e. The Kier molecular flexibility index (Phi) is 4.12. The number of nitrogens with zero attached hydrogens (tertiary/aromatic N) is 2. The Hall–Kier alpha value is -2.39. The van der Waals surface area contributed by atoms with Crippen molar-refractivity contribution in [3.8, 4) is 11.1 Å². The highest BCUT2D eigenvalue weighted by Gasteiger charge is 2.02. The summed E-state index contributed by atoms with van der Waals surface area (Å²) in [5.74, 6) is 0. The van der Waals surface area contributed by atoms with E-state index in [1.165, 1.54) is 16.7 Å². The standard InChI is InChI=1S/C18H19N3/c19-11-10-15-6-8-17(9-7-15)18-12-20-21(14-18)13-16-4-2-1-3-5-16/h1-9,12,14H,10-11,13,19H2. The average Bonchev–Trinajstić information content (AvgIpc) is 2.98.